The quantitative estimate of drug-likeness (QED) is 0.364. The molecule has 0 aliphatic carbocycles. The lowest BCUT2D eigenvalue weighted by Gasteiger charge is -2.11. The highest BCUT2D eigenvalue weighted by atomic mass is 19.4. The smallest absolute Gasteiger partial charge is 0.465 e. The molecule has 1 aromatic heterocycles. The van der Waals surface area contributed by atoms with E-state index in [1.54, 1.807) is 0 Å². The molecule has 0 aliphatic rings. The zero-order chi connectivity index (χ0) is 14.8. The van der Waals surface area contributed by atoms with Crippen molar-refractivity contribution in [2.24, 2.45) is 0 Å². The summed E-state index contributed by atoms with van der Waals surface area (Å²) >= 11 is 0. The summed E-state index contributed by atoms with van der Waals surface area (Å²) in [5.74, 6) is -6.25. The van der Waals surface area contributed by atoms with Gasteiger partial charge >= 0.3 is 18.1 Å². The van der Waals surface area contributed by atoms with Crippen LogP contribution in [-0.4, -0.2) is 29.3 Å². The van der Waals surface area contributed by atoms with Crippen molar-refractivity contribution in [2.75, 3.05) is 7.11 Å². The highest BCUT2D eigenvalue weighted by Gasteiger charge is 2.39. The molecular weight excluding hydrogens is 280 g/mol. The van der Waals surface area contributed by atoms with Gasteiger partial charge in [0.05, 0.1) is 7.11 Å². The van der Waals surface area contributed by atoms with Crippen molar-refractivity contribution in [2.45, 2.75) is 6.36 Å². The number of methoxy groups -OCH3 is 1. The summed E-state index contributed by atoms with van der Waals surface area (Å²) < 4.78 is 56.7. The molecule has 0 saturated carbocycles. The van der Waals surface area contributed by atoms with Crippen LogP contribution in [0.1, 0.15) is 10.4 Å². The van der Waals surface area contributed by atoms with E-state index in [0.29, 0.717) is 0 Å². The number of nitro groups is 1. The van der Waals surface area contributed by atoms with Crippen molar-refractivity contribution in [3.8, 4) is 5.75 Å². The van der Waals surface area contributed by atoms with Gasteiger partial charge in [0.25, 0.3) is 0 Å². The Hall–Kier alpha value is -2.46. The van der Waals surface area contributed by atoms with E-state index < -0.39 is 40.2 Å². The van der Waals surface area contributed by atoms with Gasteiger partial charge in [-0.1, -0.05) is 0 Å². The average molecular weight is 284 g/mol. The zero-order valence-corrected chi connectivity index (χ0v) is 9.02. The van der Waals surface area contributed by atoms with Crippen molar-refractivity contribution >= 4 is 11.8 Å². The number of ether oxygens (including phenoxy) is 2. The number of hydrogen-bond acceptors (Lipinski definition) is 6. The van der Waals surface area contributed by atoms with Crippen molar-refractivity contribution in [3.05, 3.63) is 27.7 Å². The Morgan fingerprint density at radius 1 is 1.47 bits per heavy atom. The Bertz CT molecular complexity index is 531. The summed E-state index contributed by atoms with van der Waals surface area (Å²) in [6, 6.07) is 0. The van der Waals surface area contributed by atoms with Crippen LogP contribution in [0.5, 0.6) is 5.75 Å². The van der Waals surface area contributed by atoms with Gasteiger partial charge < -0.3 is 19.6 Å². The molecule has 1 rings (SSSR count). The number of esters is 1. The van der Waals surface area contributed by atoms with E-state index in [1.165, 1.54) is 0 Å². The Morgan fingerprint density at radius 3 is 2.47 bits per heavy atom. The Kier molecular flexibility index (Phi) is 3.87. The fraction of sp³-hybridized carbons (Fsp3) is 0.250. The first kappa shape index (κ1) is 14.6. The number of carbonyl (C=O) groups is 1. The average Bonchev–Trinajstić information content (AvgIpc) is 2.28. The normalized spacial score (nSPS) is 11.0. The molecule has 1 heterocycles. The molecule has 0 fully saturated rings. The van der Waals surface area contributed by atoms with E-state index in [-0.39, 0.29) is 6.20 Å². The van der Waals surface area contributed by atoms with Crippen LogP contribution < -0.4 is 4.74 Å². The second kappa shape index (κ2) is 5.04. The molecule has 0 unspecified atom stereocenters. The number of halogens is 4. The minimum atomic E-state index is -5.35. The van der Waals surface area contributed by atoms with Crippen molar-refractivity contribution in [3.63, 3.8) is 0 Å². The molecule has 0 aromatic carbocycles. The number of nitrogens with zero attached hydrogens (tertiary/aromatic N) is 2. The first-order valence-corrected chi connectivity index (χ1v) is 4.34. The monoisotopic (exact) mass is 284 g/mol. The van der Waals surface area contributed by atoms with E-state index in [2.05, 4.69) is 14.5 Å². The van der Waals surface area contributed by atoms with Crippen LogP contribution in [-0.2, 0) is 4.74 Å². The number of pyridine rings is 1. The topological polar surface area (TPSA) is 91.6 Å². The van der Waals surface area contributed by atoms with Crippen LogP contribution in [0.2, 0.25) is 0 Å². The molecule has 1 aromatic rings. The summed E-state index contributed by atoms with van der Waals surface area (Å²) in [6.07, 6.45) is -5.22. The third-order valence-corrected chi connectivity index (χ3v) is 1.75. The standard InChI is InChI=1S/C8H4F4N2O5/c1-18-7(15)4-5(19-8(10,11)12)3(9)2-13-6(4)14(16)17/h2H,1H3. The molecule has 0 aliphatic heterocycles. The molecule has 0 amide bonds. The van der Waals surface area contributed by atoms with E-state index in [4.69, 9.17) is 0 Å². The zero-order valence-electron chi connectivity index (χ0n) is 9.02. The molecule has 104 valence electrons. The summed E-state index contributed by atoms with van der Waals surface area (Å²) in [5, 5.41) is 10.5. The second-order valence-corrected chi connectivity index (χ2v) is 2.93. The summed E-state index contributed by atoms with van der Waals surface area (Å²) in [6.45, 7) is 0. The summed E-state index contributed by atoms with van der Waals surface area (Å²) in [7, 11) is 0.744. The lowest BCUT2D eigenvalue weighted by atomic mass is 10.2. The molecular formula is C8H4F4N2O5. The minimum Gasteiger partial charge on any atom is -0.465 e. The largest absolute Gasteiger partial charge is 0.573 e. The maximum Gasteiger partial charge on any atom is 0.573 e. The molecule has 0 radical (unpaired) electrons. The van der Waals surface area contributed by atoms with Crippen LogP contribution in [0.4, 0.5) is 23.4 Å². The van der Waals surface area contributed by atoms with Crippen LogP contribution in [0, 0.1) is 15.9 Å². The molecule has 19 heavy (non-hydrogen) atoms. The van der Waals surface area contributed by atoms with Crippen molar-refractivity contribution < 1.29 is 36.8 Å². The SMILES string of the molecule is COC(=O)c1c([N+](=O)[O-])ncc(F)c1OC(F)(F)F. The maximum absolute atomic E-state index is 13.2. The van der Waals surface area contributed by atoms with Crippen molar-refractivity contribution in [1.82, 2.24) is 4.98 Å². The number of aromatic nitrogens is 1. The predicted octanol–water partition coefficient (Wildman–Crippen LogP) is 1.81. The van der Waals surface area contributed by atoms with Gasteiger partial charge in [0.2, 0.25) is 11.4 Å². The van der Waals surface area contributed by atoms with Gasteiger partial charge in [-0.3, -0.25) is 0 Å². The van der Waals surface area contributed by atoms with E-state index in [0.717, 1.165) is 7.11 Å². The third kappa shape index (κ3) is 3.26. The minimum absolute atomic E-state index is 0.131. The lowest BCUT2D eigenvalue weighted by molar-refractivity contribution is -0.390. The van der Waals surface area contributed by atoms with Gasteiger partial charge in [0.1, 0.15) is 0 Å². The fourth-order valence-corrected chi connectivity index (χ4v) is 1.10. The first-order chi connectivity index (χ1) is 8.67. The third-order valence-electron chi connectivity index (χ3n) is 1.75. The molecule has 11 heteroatoms. The van der Waals surface area contributed by atoms with Gasteiger partial charge in [-0.2, -0.15) is 4.39 Å². The van der Waals surface area contributed by atoms with Crippen LogP contribution >= 0.6 is 0 Å². The summed E-state index contributed by atoms with van der Waals surface area (Å²) in [4.78, 5) is 23.4. The van der Waals surface area contributed by atoms with Gasteiger partial charge in [-0.15, -0.1) is 13.2 Å². The highest BCUT2D eigenvalue weighted by molar-refractivity contribution is 5.96. The number of rotatable bonds is 3. The van der Waals surface area contributed by atoms with Crippen LogP contribution in [0.15, 0.2) is 6.20 Å². The van der Waals surface area contributed by atoms with Crippen LogP contribution in [0.3, 0.4) is 0 Å². The highest BCUT2D eigenvalue weighted by Crippen LogP contribution is 2.33. The number of hydrogen-bond donors (Lipinski definition) is 0. The van der Waals surface area contributed by atoms with E-state index in [1.807, 2.05) is 0 Å². The molecule has 0 atom stereocenters. The van der Waals surface area contributed by atoms with E-state index in [9.17, 15) is 32.5 Å². The van der Waals surface area contributed by atoms with E-state index >= 15 is 0 Å². The second-order valence-electron chi connectivity index (χ2n) is 2.93. The van der Waals surface area contributed by atoms with Gasteiger partial charge in [0, 0.05) is 0 Å². The Morgan fingerprint density at radius 2 is 2.05 bits per heavy atom. The first-order valence-electron chi connectivity index (χ1n) is 4.34. The number of carbonyl (C=O) groups excluding carboxylic acids is 1. The molecule has 0 saturated heterocycles. The summed E-state index contributed by atoms with van der Waals surface area (Å²) in [5.41, 5.74) is -1.36. The number of alkyl halides is 3. The fourth-order valence-electron chi connectivity index (χ4n) is 1.10. The van der Waals surface area contributed by atoms with Crippen molar-refractivity contribution in [1.29, 1.82) is 0 Å². The molecule has 0 bridgehead atoms. The maximum atomic E-state index is 13.2. The van der Waals surface area contributed by atoms with Gasteiger partial charge in [0.15, 0.2) is 11.9 Å². The molecule has 7 nitrogen and oxygen atoms in total. The Labute approximate surface area is 101 Å². The van der Waals surface area contributed by atoms with Gasteiger partial charge in [-0.25, -0.2) is 4.79 Å². The van der Waals surface area contributed by atoms with Crippen LogP contribution in [0.25, 0.3) is 0 Å². The molecule has 0 N–H and O–H groups in total. The van der Waals surface area contributed by atoms with Gasteiger partial charge in [-0.05, 0) is 9.91 Å². The predicted molar refractivity (Wildman–Crippen MR) is 48.9 cm³/mol. The Balaban J connectivity index is 3.53. The lowest BCUT2D eigenvalue weighted by Crippen LogP contribution is -2.21. The molecule has 0 spiro atoms.